The average Bonchev–Trinajstić information content (AvgIpc) is 2.69. The second-order valence-electron chi connectivity index (χ2n) is 6.38. The Bertz CT molecular complexity index is 974. The van der Waals surface area contributed by atoms with Crippen molar-refractivity contribution >= 4 is 28.3 Å². The summed E-state index contributed by atoms with van der Waals surface area (Å²) in [6.07, 6.45) is 1.36. The van der Waals surface area contributed by atoms with Gasteiger partial charge in [-0.2, -0.15) is 0 Å². The van der Waals surface area contributed by atoms with Gasteiger partial charge in [0.1, 0.15) is 30.6 Å². The molecule has 7 heteroatoms. The highest BCUT2D eigenvalue weighted by Gasteiger charge is 2.20. The fraction of sp³-hybridized carbons (Fsp3) is 0.300. The van der Waals surface area contributed by atoms with Crippen molar-refractivity contribution < 1.29 is 14.2 Å². The third kappa shape index (κ3) is 3.56. The Morgan fingerprint density at radius 2 is 2.11 bits per heavy atom. The lowest BCUT2D eigenvalue weighted by atomic mass is 9.97. The second kappa shape index (κ2) is 7.68. The van der Waals surface area contributed by atoms with Crippen molar-refractivity contribution in [2.75, 3.05) is 32.2 Å². The molecule has 2 aromatic carbocycles. The summed E-state index contributed by atoms with van der Waals surface area (Å²) in [5.74, 6) is 1.12. The van der Waals surface area contributed by atoms with Crippen LogP contribution in [0.3, 0.4) is 0 Å². The number of anilines is 1. The second-order valence-corrected chi connectivity index (χ2v) is 6.79. The molecule has 1 aromatic heterocycles. The Labute approximate surface area is 162 Å². The maximum absolute atomic E-state index is 6.36. The van der Waals surface area contributed by atoms with Gasteiger partial charge in [0.2, 0.25) is 0 Å². The SMILES string of the molecule is Cc1c(Cl)cccc1-c1c(OCC2COCCO2)ccc2c(N)ncnc12. The topological polar surface area (TPSA) is 79.5 Å². The van der Waals surface area contributed by atoms with E-state index in [0.29, 0.717) is 43.0 Å². The molecule has 140 valence electrons. The lowest BCUT2D eigenvalue weighted by molar-refractivity contribution is -0.101. The molecule has 1 saturated heterocycles. The van der Waals surface area contributed by atoms with Crippen LogP contribution in [0.4, 0.5) is 5.82 Å². The quantitative estimate of drug-likeness (QED) is 0.738. The average molecular weight is 386 g/mol. The predicted molar refractivity (Wildman–Crippen MR) is 105 cm³/mol. The normalized spacial score (nSPS) is 17.2. The zero-order chi connectivity index (χ0) is 18.8. The Balaban J connectivity index is 1.82. The first-order valence-electron chi connectivity index (χ1n) is 8.76. The van der Waals surface area contributed by atoms with Crippen LogP contribution in [-0.2, 0) is 9.47 Å². The van der Waals surface area contributed by atoms with Crippen LogP contribution in [0.5, 0.6) is 5.75 Å². The third-order valence-electron chi connectivity index (χ3n) is 4.65. The maximum Gasteiger partial charge on any atom is 0.134 e. The van der Waals surface area contributed by atoms with Gasteiger partial charge in [-0.15, -0.1) is 0 Å². The monoisotopic (exact) mass is 385 g/mol. The van der Waals surface area contributed by atoms with Gasteiger partial charge in [0.15, 0.2) is 0 Å². The Kier molecular flexibility index (Phi) is 5.11. The highest BCUT2D eigenvalue weighted by atomic mass is 35.5. The first-order chi connectivity index (χ1) is 13.1. The summed E-state index contributed by atoms with van der Waals surface area (Å²) in [4.78, 5) is 8.57. The number of benzene rings is 2. The maximum atomic E-state index is 6.36. The highest BCUT2D eigenvalue weighted by Crippen LogP contribution is 2.40. The number of rotatable bonds is 4. The van der Waals surface area contributed by atoms with Gasteiger partial charge in [-0.05, 0) is 36.2 Å². The van der Waals surface area contributed by atoms with E-state index in [4.69, 9.17) is 31.5 Å². The molecular weight excluding hydrogens is 366 g/mol. The van der Waals surface area contributed by atoms with Gasteiger partial charge < -0.3 is 19.9 Å². The number of hydrogen-bond acceptors (Lipinski definition) is 6. The zero-order valence-electron chi connectivity index (χ0n) is 14.9. The van der Waals surface area contributed by atoms with E-state index in [1.165, 1.54) is 6.33 Å². The van der Waals surface area contributed by atoms with Crippen LogP contribution in [-0.4, -0.2) is 42.5 Å². The number of ether oxygens (including phenoxy) is 3. The molecular formula is C20H20ClN3O3. The zero-order valence-corrected chi connectivity index (χ0v) is 15.7. The largest absolute Gasteiger partial charge is 0.490 e. The summed E-state index contributed by atoms with van der Waals surface area (Å²) in [5.41, 5.74) is 9.53. The Hall–Kier alpha value is -2.41. The van der Waals surface area contributed by atoms with Gasteiger partial charge in [-0.1, -0.05) is 23.7 Å². The molecule has 1 atom stereocenters. The first kappa shape index (κ1) is 18.0. The molecule has 0 spiro atoms. The summed E-state index contributed by atoms with van der Waals surface area (Å²) in [5, 5.41) is 1.46. The summed E-state index contributed by atoms with van der Waals surface area (Å²) in [6, 6.07) is 9.54. The number of nitrogens with two attached hydrogens (primary N) is 1. The van der Waals surface area contributed by atoms with E-state index >= 15 is 0 Å². The van der Waals surface area contributed by atoms with Crippen molar-refractivity contribution in [1.82, 2.24) is 9.97 Å². The van der Waals surface area contributed by atoms with Crippen molar-refractivity contribution in [3.8, 4) is 16.9 Å². The lowest BCUT2D eigenvalue weighted by Gasteiger charge is -2.24. The van der Waals surface area contributed by atoms with E-state index in [9.17, 15) is 0 Å². The standard InChI is InChI=1S/C20H20ClN3O3/c1-12-14(3-2-4-16(12)21)18-17(27-10-13-9-25-7-8-26-13)6-5-15-19(18)23-11-24-20(15)22/h2-6,11,13H,7-10H2,1H3,(H2,22,23,24). The van der Waals surface area contributed by atoms with Crippen LogP contribution in [0.1, 0.15) is 5.56 Å². The van der Waals surface area contributed by atoms with E-state index in [0.717, 1.165) is 27.6 Å². The van der Waals surface area contributed by atoms with Gasteiger partial charge in [-0.3, -0.25) is 0 Å². The van der Waals surface area contributed by atoms with Gasteiger partial charge in [0, 0.05) is 10.4 Å². The van der Waals surface area contributed by atoms with Crippen LogP contribution >= 0.6 is 11.6 Å². The van der Waals surface area contributed by atoms with Gasteiger partial charge in [0.05, 0.1) is 30.9 Å². The van der Waals surface area contributed by atoms with Crippen LogP contribution in [0.15, 0.2) is 36.7 Å². The number of hydrogen-bond donors (Lipinski definition) is 1. The van der Waals surface area contributed by atoms with Crippen molar-refractivity contribution in [3.05, 3.63) is 47.2 Å². The van der Waals surface area contributed by atoms with Crippen molar-refractivity contribution in [2.45, 2.75) is 13.0 Å². The van der Waals surface area contributed by atoms with Gasteiger partial charge in [-0.25, -0.2) is 9.97 Å². The van der Waals surface area contributed by atoms with Crippen LogP contribution in [0.25, 0.3) is 22.0 Å². The van der Waals surface area contributed by atoms with Gasteiger partial charge in [0.25, 0.3) is 0 Å². The molecule has 0 amide bonds. The minimum Gasteiger partial charge on any atom is -0.490 e. The molecule has 1 unspecified atom stereocenters. The molecule has 4 rings (SSSR count). The molecule has 2 heterocycles. The van der Waals surface area contributed by atoms with Crippen molar-refractivity contribution in [2.24, 2.45) is 0 Å². The van der Waals surface area contributed by atoms with Crippen molar-refractivity contribution in [3.63, 3.8) is 0 Å². The van der Waals surface area contributed by atoms with E-state index in [-0.39, 0.29) is 6.10 Å². The first-order valence-corrected chi connectivity index (χ1v) is 9.13. The van der Waals surface area contributed by atoms with E-state index in [1.54, 1.807) is 0 Å². The minimum absolute atomic E-state index is 0.0989. The number of nitrogen functional groups attached to an aromatic ring is 1. The van der Waals surface area contributed by atoms with Crippen LogP contribution in [0.2, 0.25) is 5.02 Å². The Morgan fingerprint density at radius 1 is 1.22 bits per heavy atom. The van der Waals surface area contributed by atoms with E-state index in [1.807, 2.05) is 37.3 Å². The number of aromatic nitrogens is 2. The van der Waals surface area contributed by atoms with Gasteiger partial charge >= 0.3 is 0 Å². The molecule has 0 radical (unpaired) electrons. The van der Waals surface area contributed by atoms with E-state index in [2.05, 4.69) is 9.97 Å². The van der Waals surface area contributed by atoms with Crippen LogP contribution < -0.4 is 10.5 Å². The fourth-order valence-electron chi connectivity index (χ4n) is 3.21. The molecule has 0 aliphatic carbocycles. The summed E-state index contributed by atoms with van der Waals surface area (Å²) >= 11 is 6.36. The predicted octanol–water partition coefficient (Wildman–Crippen LogP) is 3.64. The Morgan fingerprint density at radius 3 is 2.93 bits per heavy atom. The molecule has 6 nitrogen and oxygen atoms in total. The molecule has 0 saturated carbocycles. The molecule has 27 heavy (non-hydrogen) atoms. The lowest BCUT2D eigenvalue weighted by Crippen LogP contribution is -2.33. The van der Waals surface area contributed by atoms with Crippen molar-refractivity contribution in [1.29, 1.82) is 0 Å². The highest BCUT2D eigenvalue weighted by molar-refractivity contribution is 6.31. The molecule has 1 aliphatic heterocycles. The summed E-state index contributed by atoms with van der Waals surface area (Å²) in [6.45, 7) is 4.08. The van der Waals surface area contributed by atoms with E-state index < -0.39 is 0 Å². The summed E-state index contributed by atoms with van der Waals surface area (Å²) < 4.78 is 17.2. The molecule has 1 fully saturated rings. The number of halogens is 1. The minimum atomic E-state index is -0.0989. The molecule has 1 aliphatic rings. The third-order valence-corrected chi connectivity index (χ3v) is 5.06. The number of nitrogens with zero attached hydrogens (tertiary/aromatic N) is 2. The number of fused-ring (bicyclic) bond motifs is 1. The molecule has 2 N–H and O–H groups in total. The molecule has 0 bridgehead atoms. The smallest absolute Gasteiger partial charge is 0.134 e. The fourth-order valence-corrected chi connectivity index (χ4v) is 3.38. The van der Waals surface area contributed by atoms with Crippen LogP contribution in [0, 0.1) is 6.92 Å². The molecule has 3 aromatic rings. The summed E-state index contributed by atoms with van der Waals surface area (Å²) in [7, 11) is 0.